The Balaban J connectivity index is 1.37. The molecule has 5 heterocycles. The fourth-order valence-electron chi connectivity index (χ4n) is 5.70. The predicted molar refractivity (Wildman–Crippen MR) is 150 cm³/mol. The van der Waals surface area contributed by atoms with E-state index in [9.17, 15) is 14.7 Å². The van der Waals surface area contributed by atoms with Gasteiger partial charge in [0.15, 0.2) is 0 Å². The van der Waals surface area contributed by atoms with Gasteiger partial charge in [0.2, 0.25) is 17.6 Å². The zero-order valence-corrected chi connectivity index (χ0v) is 23.8. The van der Waals surface area contributed by atoms with Crippen molar-refractivity contribution in [3.8, 4) is 17.2 Å². The van der Waals surface area contributed by atoms with Crippen molar-refractivity contribution in [1.29, 1.82) is 0 Å². The molecule has 2 saturated heterocycles. The van der Waals surface area contributed by atoms with Crippen LogP contribution in [0.4, 0.5) is 5.95 Å². The van der Waals surface area contributed by atoms with Crippen molar-refractivity contribution >= 4 is 23.4 Å². The van der Waals surface area contributed by atoms with E-state index in [0.29, 0.717) is 54.0 Å². The number of anilines is 1. The largest absolute Gasteiger partial charge is 0.496 e. The van der Waals surface area contributed by atoms with Crippen LogP contribution in [-0.2, 0) is 27.3 Å². The molecule has 1 aromatic carbocycles. The summed E-state index contributed by atoms with van der Waals surface area (Å²) in [5.74, 6) is 1.33. The van der Waals surface area contributed by atoms with Crippen LogP contribution in [0.25, 0.3) is 5.57 Å². The van der Waals surface area contributed by atoms with Gasteiger partial charge in [-0.15, -0.1) is 0 Å². The van der Waals surface area contributed by atoms with E-state index in [4.69, 9.17) is 24.7 Å². The normalized spacial score (nSPS) is 25.6. The summed E-state index contributed by atoms with van der Waals surface area (Å²) in [6.45, 7) is 6.07. The number of hydrogen-bond donors (Lipinski definition) is 5. The van der Waals surface area contributed by atoms with Gasteiger partial charge in [-0.05, 0) is 32.4 Å². The molecular formula is C28H35N7O7. The number of nitrogens with one attached hydrogen (secondary N) is 3. The number of aliphatic hydroxyl groups is 1. The average Bonchev–Trinajstić information content (AvgIpc) is 3.68. The number of ether oxygens (including phenoxy) is 4. The number of amides is 1. The number of nitrogens with two attached hydrogens (primary N) is 1. The summed E-state index contributed by atoms with van der Waals surface area (Å²) in [4.78, 5) is 31.7. The minimum Gasteiger partial charge on any atom is -0.496 e. The number of fused-ring (bicyclic) bond motifs is 3. The van der Waals surface area contributed by atoms with Crippen LogP contribution < -0.4 is 40.8 Å². The number of rotatable bonds is 7. The van der Waals surface area contributed by atoms with Crippen LogP contribution in [0, 0.1) is 0 Å². The number of aromatic nitrogens is 2. The zero-order chi connectivity index (χ0) is 29.8. The van der Waals surface area contributed by atoms with E-state index in [1.54, 1.807) is 46.2 Å². The van der Waals surface area contributed by atoms with E-state index in [2.05, 4.69) is 20.9 Å². The Morgan fingerprint density at radius 1 is 1.36 bits per heavy atom. The SMILES string of the molecule is CCOC(=O)C1=CC(=CCn2ccnc2N2CNC3C(=O)NC(N)NC32)c2c(cc3c(c2OC)CC(C(C)(C)O)O3)O1. The molecule has 1 aromatic heterocycles. The van der Waals surface area contributed by atoms with E-state index in [0.717, 1.165) is 5.56 Å². The maximum atomic E-state index is 12.8. The summed E-state index contributed by atoms with van der Waals surface area (Å²) in [6.07, 6.45) is 6.00. The fraction of sp³-hybridized carbons (Fsp3) is 0.464. The summed E-state index contributed by atoms with van der Waals surface area (Å²) in [7, 11) is 1.57. The first-order valence-corrected chi connectivity index (χ1v) is 13.8. The molecule has 6 N–H and O–H groups in total. The smallest absolute Gasteiger partial charge is 0.374 e. The Bertz CT molecular complexity index is 1480. The van der Waals surface area contributed by atoms with Gasteiger partial charge in [-0.1, -0.05) is 6.08 Å². The van der Waals surface area contributed by atoms with E-state index in [1.807, 2.05) is 21.7 Å². The van der Waals surface area contributed by atoms with Crippen LogP contribution in [0.5, 0.6) is 17.2 Å². The molecule has 14 heteroatoms. The van der Waals surface area contributed by atoms with Crippen molar-refractivity contribution < 1.29 is 33.6 Å². The number of carbonyl (C=O) groups is 2. The van der Waals surface area contributed by atoms with Crippen LogP contribution >= 0.6 is 0 Å². The number of imidazole rings is 1. The zero-order valence-electron chi connectivity index (χ0n) is 23.8. The molecule has 0 spiro atoms. The molecule has 4 unspecified atom stereocenters. The number of nitrogens with zero attached hydrogens (tertiary/aromatic N) is 3. The molecular weight excluding hydrogens is 546 g/mol. The monoisotopic (exact) mass is 581 g/mol. The summed E-state index contributed by atoms with van der Waals surface area (Å²) in [6, 6.07) is 1.24. The van der Waals surface area contributed by atoms with Crippen molar-refractivity contribution in [3.05, 3.63) is 47.5 Å². The third kappa shape index (κ3) is 4.85. The predicted octanol–water partition coefficient (Wildman–Crippen LogP) is -0.0874. The van der Waals surface area contributed by atoms with Crippen LogP contribution in [0.3, 0.4) is 0 Å². The minimum absolute atomic E-state index is 0.0264. The average molecular weight is 582 g/mol. The van der Waals surface area contributed by atoms with Crippen LogP contribution in [0.2, 0.25) is 0 Å². The van der Waals surface area contributed by atoms with Crippen molar-refractivity contribution in [1.82, 2.24) is 25.5 Å². The molecule has 2 aromatic rings. The second-order valence-electron chi connectivity index (χ2n) is 11.0. The van der Waals surface area contributed by atoms with Crippen molar-refractivity contribution in [3.63, 3.8) is 0 Å². The molecule has 0 aliphatic carbocycles. The molecule has 1 amide bonds. The molecule has 224 valence electrons. The molecule has 4 atom stereocenters. The highest BCUT2D eigenvalue weighted by atomic mass is 16.6. The van der Waals surface area contributed by atoms with Gasteiger partial charge in [0.05, 0.1) is 31.5 Å². The van der Waals surface area contributed by atoms with Gasteiger partial charge in [0.25, 0.3) is 0 Å². The van der Waals surface area contributed by atoms with Gasteiger partial charge in [0.1, 0.15) is 41.8 Å². The molecule has 14 nitrogen and oxygen atoms in total. The highest BCUT2D eigenvalue weighted by Crippen LogP contribution is 2.50. The topological polar surface area (TPSA) is 174 Å². The second kappa shape index (κ2) is 10.6. The van der Waals surface area contributed by atoms with Gasteiger partial charge >= 0.3 is 5.97 Å². The minimum atomic E-state index is -1.09. The van der Waals surface area contributed by atoms with E-state index < -0.39 is 30.0 Å². The third-order valence-corrected chi connectivity index (χ3v) is 7.75. The molecule has 4 aliphatic heterocycles. The Hall–Kier alpha value is -4.11. The van der Waals surface area contributed by atoms with E-state index in [1.165, 1.54) is 0 Å². The van der Waals surface area contributed by atoms with E-state index in [-0.39, 0.29) is 24.4 Å². The maximum absolute atomic E-state index is 12.8. The van der Waals surface area contributed by atoms with Gasteiger partial charge in [-0.25, -0.2) is 9.78 Å². The summed E-state index contributed by atoms with van der Waals surface area (Å²) in [5, 5.41) is 19.7. The summed E-state index contributed by atoms with van der Waals surface area (Å²) < 4.78 is 25.1. The van der Waals surface area contributed by atoms with Gasteiger partial charge in [-0.2, -0.15) is 0 Å². The van der Waals surface area contributed by atoms with Gasteiger partial charge < -0.3 is 38.8 Å². The lowest BCUT2D eigenvalue weighted by Crippen LogP contribution is -2.70. The molecule has 0 radical (unpaired) electrons. The first-order valence-electron chi connectivity index (χ1n) is 13.8. The van der Waals surface area contributed by atoms with Gasteiger partial charge in [0, 0.05) is 37.0 Å². The highest BCUT2D eigenvalue weighted by molar-refractivity contribution is 5.95. The lowest BCUT2D eigenvalue weighted by Gasteiger charge is -2.35. The lowest BCUT2D eigenvalue weighted by atomic mass is 9.92. The third-order valence-electron chi connectivity index (χ3n) is 7.75. The van der Waals surface area contributed by atoms with Crippen molar-refractivity contribution in [2.75, 3.05) is 25.3 Å². The second-order valence-corrected chi connectivity index (χ2v) is 11.0. The highest BCUT2D eigenvalue weighted by Gasteiger charge is 2.44. The van der Waals surface area contributed by atoms with Crippen molar-refractivity contribution in [2.45, 2.75) is 63.9 Å². The summed E-state index contributed by atoms with van der Waals surface area (Å²) >= 11 is 0. The first kappa shape index (κ1) is 28.0. The maximum Gasteiger partial charge on any atom is 0.374 e. The molecule has 4 aliphatic rings. The Labute approximate surface area is 242 Å². The molecule has 6 rings (SSSR count). The standard InChI is InChI=1S/C28H35N7O7/c1-5-40-25(37)18-10-14(20-17(41-18)12-16-15(22(20)39-4)11-19(42-16)28(2,3)38)6-8-34-9-7-30-27(34)35-13-31-21-23(35)32-26(29)33-24(21)36/h6-7,9-10,12,19,21,23,26,31-32,38H,5,8,11,13,29H2,1-4H3,(H,33,36). The first-order chi connectivity index (χ1) is 20.1. The Morgan fingerprint density at radius 2 is 2.17 bits per heavy atom. The Morgan fingerprint density at radius 3 is 2.90 bits per heavy atom. The number of carbonyl (C=O) groups excluding carboxylic acids is 2. The number of methoxy groups -OCH3 is 1. The van der Waals surface area contributed by atoms with E-state index >= 15 is 0 Å². The lowest BCUT2D eigenvalue weighted by molar-refractivity contribution is -0.141. The number of hydrogen-bond acceptors (Lipinski definition) is 12. The number of esters is 1. The molecule has 42 heavy (non-hydrogen) atoms. The molecule has 0 bridgehead atoms. The molecule has 0 saturated carbocycles. The fourth-order valence-corrected chi connectivity index (χ4v) is 5.70. The number of benzene rings is 1. The van der Waals surface area contributed by atoms with Crippen LogP contribution in [-0.4, -0.2) is 77.1 Å². The summed E-state index contributed by atoms with van der Waals surface area (Å²) in [5.41, 5.74) is 7.03. The van der Waals surface area contributed by atoms with Crippen LogP contribution in [0.15, 0.2) is 36.4 Å². The van der Waals surface area contributed by atoms with Crippen LogP contribution in [0.1, 0.15) is 31.9 Å². The quantitative estimate of drug-likeness (QED) is 0.276. The number of allylic oxidation sites excluding steroid dienone is 3. The Kier molecular flexibility index (Phi) is 7.09. The molecule has 2 fully saturated rings. The van der Waals surface area contributed by atoms with Gasteiger partial charge in [-0.3, -0.25) is 21.2 Å². The van der Waals surface area contributed by atoms with Crippen molar-refractivity contribution in [2.24, 2.45) is 5.73 Å².